The molecule has 0 unspecified atom stereocenters. The molecule has 6 nitrogen and oxygen atoms in total. The van der Waals surface area contributed by atoms with Crippen LogP contribution in [0, 0.1) is 13.8 Å². The fraction of sp³-hybridized carbons (Fsp3) is 0.667. The van der Waals surface area contributed by atoms with Crippen molar-refractivity contribution in [2.45, 2.75) is 67.5 Å². The third-order valence-electron chi connectivity index (χ3n) is 4.85. The van der Waals surface area contributed by atoms with Gasteiger partial charge in [-0.25, -0.2) is 9.97 Å². The fourth-order valence-corrected chi connectivity index (χ4v) is 4.23. The van der Waals surface area contributed by atoms with E-state index in [1.807, 2.05) is 20.8 Å². The van der Waals surface area contributed by atoms with Gasteiger partial charge in [0.05, 0.1) is 18.5 Å². The summed E-state index contributed by atoms with van der Waals surface area (Å²) in [5.41, 5.74) is 0.958. The van der Waals surface area contributed by atoms with Crippen LogP contribution in [0.3, 0.4) is 0 Å². The number of amides is 1. The van der Waals surface area contributed by atoms with Gasteiger partial charge in [-0.3, -0.25) is 9.69 Å². The quantitative estimate of drug-likeness (QED) is 0.722. The summed E-state index contributed by atoms with van der Waals surface area (Å²) in [6, 6.07) is 0. The van der Waals surface area contributed by atoms with Gasteiger partial charge >= 0.3 is 0 Å². The number of carbonyl (C=O) groups is 1. The highest BCUT2D eigenvalue weighted by Gasteiger charge is 2.22. The number of nitrogens with one attached hydrogen (secondary N) is 1. The molecule has 0 fully saturated rings. The minimum atomic E-state index is -0.250. The van der Waals surface area contributed by atoms with Gasteiger partial charge in [0.15, 0.2) is 0 Å². The van der Waals surface area contributed by atoms with Crippen molar-refractivity contribution in [3.63, 3.8) is 0 Å². The lowest BCUT2D eigenvalue weighted by molar-refractivity contribution is -0.121. The number of aromatic nitrogens is 2. The van der Waals surface area contributed by atoms with Crippen LogP contribution in [-0.4, -0.2) is 52.5 Å². The molecule has 2 rings (SSSR count). The van der Waals surface area contributed by atoms with E-state index >= 15 is 0 Å². The average Bonchev–Trinajstić information content (AvgIpc) is 2.89. The molecule has 2 aromatic rings. The number of hydrogen-bond acceptors (Lipinski definition) is 6. The third-order valence-corrected chi connectivity index (χ3v) is 5.95. The second kappa shape index (κ2) is 9.18. The summed E-state index contributed by atoms with van der Waals surface area (Å²) in [6.07, 6.45) is 0. The molecule has 0 saturated carbocycles. The molecule has 0 aliphatic heterocycles. The van der Waals surface area contributed by atoms with E-state index in [1.165, 1.54) is 10.4 Å². The Balaban J connectivity index is 2.47. The van der Waals surface area contributed by atoms with E-state index in [9.17, 15) is 4.79 Å². The first-order valence-corrected chi connectivity index (χ1v) is 11.0. The summed E-state index contributed by atoms with van der Waals surface area (Å²) in [5, 5.41) is 4.14. The van der Waals surface area contributed by atoms with E-state index in [1.54, 1.807) is 11.3 Å². The van der Waals surface area contributed by atoms with Crippen LogP contribution in [0.25, 0.3) is 10.2 Å². The van der Waals surface area contributed by atoms with Gasteiger partial charge in [-0.15, -0.1) is 11.3 Å². The number of likely N-dealkylation sites (N-methyl/N-ethyl adjacent to an activating group) is 1. The molecule has 156 valence electrons. The summed E-state index contributed by atoms with van der Waals surface area (Å²) >= 11 is 1.71. The molecule has 0 radical (unpaired) electrons. The SMILES string of the molecule is CCN(CC)Cc1nc(N(CC)CC(=O)NC(C)(C)C)c2c(C)c(C)sc2n1. The second-order valence-electron chi connectivity index (χ2n) is 8.20. The van der Waals surface area contributed by atoms with Gasteiger partial charge in [0, 0.05) is 17.0 Å². The zero-order valence-electron chi connectivity index (χ0n) is 18.6. The largest absolute Gasteiger partial charge is 0.350 e. The van der Waals surface area contributed by atoms with Crippen molar-refractivity contribution in [2.24, 2.45) is 0 Å². The molecule has 1 amide bonds. The van der Waals surface area contributed by atoms with Crippen LogP contribution < -0.4 is 10.2 Å². The molecule has 0 saturated heterocycles. The maximum atomic E-state index is 12.6. The minimum absolute atomic E-state index is 0.0102. The Hall–Kier alpha value is -1.73. The Morgan fingerprint density at radius 1 is 1.07 bits per heavy atom. The normalized spacial score (nSPS) is 12.0. The molecule has 0 atom stereocenters. The summed E-state index contributed by atoms with van der Waals surface area (Å²) in [7, 11) is 0. The predicted octanol–water partition coefficient (Wildman–Crippen LogP) is 3.89. The summed E-state index contributed by atoms with van der Waals surface area (Å²) < 4.78 is 0. The van der Waals surface area contributed by atoms with Crippen molar-refractivity contribution in [2.75, 3.05) is 31.1 Å². The van der Waals surface area contributed by atoms with E-state index in [0.29, 0.717) is 13.1 Å². The summed E-state index contributed by atoms with van der Waals surface area (Å²) in [4.78, 5) is 29.0. The van der Waals surface area contributed by atoms with Crippen LogP contribution in [0.15, 0.2) is 0 Å². The topological polar surface area (TPSA) is 61.4 Å². The zero-order chi connectivity index (χ0) is 21.1. The van der Waals surface area contributed by atoms with Crippen molar-refractivity contribution < 1.29 is 4.79 Å². The van der Waals surface area contributed by atoms with Gasteiger partial charge in [-0.05, 0) is 60.2 Å². The summed E-state index contributed by atoms with van der Waals surface area (Å²) in [5.74, 6) is 1.71. The van der Waals surface area contributed by atoms with Crippen molar-refractivity contribution in [1.82, 2.24) is 20.2 Å². The van der Waals surface area contributed by atoms with Crippen molar-refractivity contribution in [3.05, 3.63) is 16.3 Å². The monoisotopic (exact) mass is 405 g/mol. The van der Waals surface area contributed by atoms with Gasteiger partial charge in [-0.2, -0.15) is 0 Å². The Morgan fingerprint density at radius 2 is 1.71 bits per heavy atom. The maximum Gasteiger partial charge on any atom is 0.239 e. The Labute approximate surface area is 173 Å². The molecular weight excluding hydrogens is 370 g/mol. The molecular formula is C21H35N5OS. The van der Waals surface area contributed by atoms with E-state index < -0.39 is 0 Å². The Kier molecular flexibility index (Phi) is 7.39. The number of rotatable bonds is 8. The maximum absolute atomic E-state index is 12.6. The molecule has 0 aliphatic rings. The van der Waals surface area contributed by atoms with Crippen molar-refractivity contribution in [3.8, 4) is 0 Å². The number of thiophene rings is 1. The van der Waals surface area contributed by atoms with Gasteiger partial charge in [0.25, 0.3) is 0 Å². The first kappa shape index (κ1) is 22.6. The first-order chi connectivity index (χ1) is 13.1. The van der Waals surface area contributed by atoms with Gasteiger partial charge in [0.1, 0.15) is 16.5 Å². The van der Waals surface area contributed by atoms with Gasteiger partial charge in [-0.1, -0.05) is 13.8 Å². The van der Waals surface area contributed by atoms with Gasteiger partial charge < -0.3 is 10.2 Å². The lowest BCUT2D eigenvalue weighted by Gasteiger charge is -2.27. The lowest BCUT2D eigenvalue weighted by Crippen LogP contribution is -2.46. The zero-order valence-corrected chi connectivity index (χ0v) is 19.5. The molecule has 2 heterocycles. The molecule has 0 spiro atoms. The van der Waals surface area contributed by atoms with Crippen LogP contribution in [0.5, 0.6) is 0 Å². The highest BCUT2D eigenvalue weighted by molar-refractivity contribution is 7.18. The summed E-state index contributed by atoms with van der Waals surface area (Å²) in [6.45, 7) is 20.2. The van der Waals surface area contributed by atoms with Crippen molar-refractivity contribution in [1.29, 1.82) is 0 Å². The van der Waals surface area contributed by atoms with Crippen LogP contribution in [-0.2, 0) is 11.3 Å². The molecule has 7 heteroatoms. The van der Waals surface area contributed by atoms with Gasteiger partial charge in [0.2, 0.25) is 5.91 Å². The smallest absolute Gasteiger partial charge is 0.239 e. The van der Waals surface area contributed by atoms with E-state index in [2.05, 4.69) is 49.7 Å². The number of nitrogens with zero attached hydrogens (tertiary/aromatic N) is 4. The predicted molar refractivity (Wildman–Crippen MR) is 119 cm³/mol. The standard InChI is InChI=1S/C21H35N5OS/c1-9-25(10-2)12-16-22-19(18-14(4)15(5)28-20(18)23-16)26(11-3)13-17(27)24-21(6,7)8/h9-13H2,1-8H3,(H,24,27). The number of fused-ring (bicyclic) bond motifs is 1. The second-order valence-corrected chi connectivity index (χ2v) is 9.40. The number of carbonyl (C=O) groups excluding carboxylic acids is 1. The molecule has 1 N–H and O–H groups in total. The molecule has 0 bridgehead atoms. The lowest BCUT2D eigenvalue weighted by atomic mass is 10.1. The number of anilines is 1. The van der Waals surface area contributed by atoms with E-state index in [0.717, 1.165) is 41.5 Å². The highest BCUT2D eigenvalue weighted by atomic mass is 32.1. The van der Waals surface area contributed by atoms with E-state index in [4.69, 9.17) is 9.97 Å². The van der Waals surface area contributed by atoms with Crippen LogP contribution in [0.2, 0.25) is 0 Å². The molecule has 0 aliphatic carbocycles. The fourth-order valence-electron chi connectivity index (χ4n) is 3.19. The number of aryl methyl sites for hydroxylation is 2. The Morgan fingerprint density at radius 3 is 2.25 bits per heavy atom. The third kappa shape index (κ3) is 5.41. The van der Waals surface area contributed by atoms with Crippen LogP contribution >= 0.6 is 11.3 Å². The van der Waals surface area contributed by atoms with Crippen LogP contribution in [0.4, 0.5) is 5.82 Å². The first-order valence-electron chi connectivity index (χ1n) is 10.1. The van der Waals surface area contributed by atoms with E-state index in [-0.39, 0.29) is 11.4 Å². The molecule has 28 heavy (non-hydrogen) atoms. The minimum Gasteiger partial charge on any atom is -0.350 e. The average molecular weight is 406 g/mol. The Bertz CT molecular complexity index is 820. The molecule has 0 aromatic carbocycles. The van der Waals surface area contributed by atoms with Crippen molar-refractivity contribution >= 4 is 33.3 Å². The number of hydrogen-bond donors (Lipinski definition) is 1. The molecule has 2 aromatic heterocycles. The van der Waals surface area contributed by atoms with Crippen LogP contribution in [0.1, 0.15) is 57.8 Å². The highest BCUT2D eigenvalue weighted by Crippen LogP contribution is 2.35.